The van der Waals surface area contributed by atoms with Gasteiger partial charge in [-0.05, 0) is 44.1 Å². The molecule has 2 rings (SSSR count). The molecular formula is C15H30N2. The van der Waals surface area contributed by atoms with Gasteiger partial charge in [-0.1, -0.05) is 32.6 Å². The molecule has 0 amide bonds. The van der Waals surface area contributed by atoms with E-state index in [0.29, 0.717) is 6.04 Å². The maximum atomic E-state index is 6.33. The number of hydrogen-bond donors (Lipinski definition) is 1. The van der Waals surface area contributed by atoms with Crippen molar-refractivity contribution in [2.75, 3.05) is 19.6 Å². The summed E-state index contributed by atoms with van der Waals surface area (Å²) in [5.41, 5.74) is 6.33. The molecule has 0 bridgehead atoms. The van der Waals surface area contributed by atoms with Crippen molar-refractivity contribution < 1.29 is 0 Å². The topological polar surface area (TPSA) is 29.3 Å². The van der Waals surface area contributed by atoms with Gasteiger partial charge in [-0.15, -0.1) is 0 Å². The molecule has 100 valence electrons. The Morgan fingerprint density at radius 1 is 0.941 bits per heavy atom. The third-order valence-corrected chi connectivity index (χ3v) is 4.90. The highest BCUT2D eigenvalue weighted by Gasteiger charge is 2.25. The summed E-state index contributed by atoms with van der Waals surface area (Å²) in [4.78, 5) is 2.67. The summed E-state index contributed by atoms with van der Waals surface area (Å²) in [6.45, 7) is 6.11. The highest BCUT2D eigenvalue weighted by atomic mass is 15.1. The van der Waals surface area contributed by atoms with Crippen molar-refractivity contribution in [2.24, 2.45) is 17.6 Å². The van der Waals surface area contributed by atoms with Gasteiger partial charge in [0.05, 0.1) is 0 Å². The fourth-order valence-corrected chi connectivity index (χ4v) is 3.34. The molecule has 2 saturated carbocycles. The fourth-order valence-electron chi connectivity index (χ4n) is 3.34. The summed E-state index contributed by atoms with van der Waals surface area (Å²) < 4.78 is 0. The van der Waals surface area contributed by atoms with E-state index in [9.17, 15) is 0 Å². The van der Waals surface area contributed by atoms with Crippen LogP contribution in [-0.4, -0.2) is 30.6 Å². The molecule has 0 aromatic heterocycles. The molecule has 2 nitrogen and oxygen atoms in total. The molecule has 0 heterocycles. The smallest absolute Gasteiger partial charge is 0.00793 e. The maximum Gasteiger partial charge on any atom is 0.00793 e. The Balaban J connectivity index is 1.78. The minimum atomic E-state index is 0.466. The minimum Gasteiger partial charge on any atom is -0.327 e. The molecule has 2 heteroatoms. The Hall–Kier alpha value is -0.0800. The van der Waals surface area contributed by atoms with Crippen LogP contribution >= 0.6 is 0 Å². The van der Waals surface area contributed by atoms with Crippen LogP contribution in [0.2, 0.25) is 0 Å². The van der Waals surface area contributed by atoms with Crippen molar-refractivity contribution in [3.05, 3.63) is 0 Å². The first-order valence-electron chi connectivity index (χ1n) is 7.77. The van der Waals surface area contributed by atoms with E-state index in [1.54, 1.807) is 0 Å². The highest BCUT2D eigenvalue weighted by Crippen LogP contribution is 2.28. The first-order valence-corrected chi connectivity index (χ1v) is 7.77. The molecule has 2 aliphatic carbocycles. The zero-order valence-electron chi connectivity index (χ0n) is 11.5. The Kier molecular flexibility index (Phi) is 5.30. The van der Waals surface area contributed by atoms with E-state index in [-0.39, 0.29) is 0 Å². The first kappa shape index (κ1) is 13.4. The molecule has 2 aliphatic rings. The predicted molar refractivity (Wildman–Crippen MR) is 74.0 cm³/mol. The normalized spacial score (nSPS) is 31.2. The van der Waals surface area contributed by atoms with Gasteiger partial charge >= 0.3 is 0 Å². The average Bonchev–Trinajstić information content (AvgIpc) is 2.47. The molecule has 2 N–H and O–H groups in total. The standard InChI is InChI=1S/C15H30N2/c1-2-17(11-13-7-6-8-13)12-14-9-4-3-5-10-15(14)16/h13-15H,2-12,16H2,1H3. The third-order valence-electron chi connectivity index (χ3n) is 4.90. The highest BCUT2D eigenvalue weighted by molar-refractivity contribution is 4.81. The van der Waals surface area contributed by atoms with Crippen LogP contribution in [0.25, 0.3) is 0 Å². The molecule has 0 aromatic rings. The van der Waals surface area contributed by atoms with E-state index in [0.717, 1.165) is 11.8 Å². The fraction of sp³-hybridized carbons (Fsp3) is 1.00. The van der Waals surface area contributed by atoms with Crippen LogP contribution in [-0.2, 0) is 0 Å². The number of hydrogen-bond acceptors (Lipinski definition) is 2. The van der Waals surface area contributed by atoms with Crippen molar-refractivity contribution >= 4 is 0 Å². The van der Waals surface area contributed by atoms with Crippen LogP contribution in [0.1, 0.15) is 58.3 Å². The summed E-state index contributed by atoms with van der Waals surface area (Å²) >= 11 is 0. The minimum absolute atomic E-state index is 0.466. The van der Waals surface area contributed by atoms with Gasteiger partial charge in [0.15, 0.2) is 0 Å². The Morgan fingerprint density at radius 3 is 2.35 bits per heavy atom. The largest absolute Gasteiger partial charge is 0.327 e. The van der Waals surface area contributed by atoms with Gasteiger partial charge in [0.25, 0.3) is 0 Å². The van der Waals surface area contributed by atoms with Crippen LogP contribution < -0.4 is 5.73 Å². The summed E-state index contributed by atoms with van der Waals surface area (Å²) in [5.74, 6) is 1.76. The lowest BCUT2D eigenvalue weighted by Gasteiger charge is -2.35. The summed E-state index contributed by atoms with van der Waals surface area (Å²) in [7, 11) is 0. The van der Waals surface area contributed by atoms with Crippen LogP contribution in [0.3, 0.4) is 0 Å². The second-order valence-corrected chi connectivity index (χ2v) is 6.21. The number of rotatable bonds is 5. The Bertz CT molecular complexity index is 213. The van der Waals surface area contributed by atoms with Gasteiger partial charge in [0.2, 0.25) is 0 Å². The van der Waals surface area contributed by atoms with E-state index in [1.165, 1.54) is 71.0 Å². The van der Waals surface area contributed by atoms with Crippen molar-refractivity contribution in [3.63, 3.8) is 0 Å². The van der Waals surface area contributed by atoms with Gasteiger partial charge in [-0.2, -0.15) is 0 Å². The molecule has 0 aliphatic heterocycles. The number of nitrogens with two attached hydrogens (primary N) is 1. The van der Waals surface area contributed by atoms with Crippen molar-refractivity contribution in [1.82, 2.24) is 4.90 Å². The predicted octanol–water partition coefficient (Wildman–Crippen LogP) is 3.02. The SMILES string of the molecule is CCN(CC1CCC1)CC1CCCCCC1N. The van der Waals surface area contributed by atoms with Gasteiger partial charge in [-0.25, -0.2) is 0 Å². The molecule has 0 spiro atoms. The van der Waals surface area contributed by atoms with Gasteiger partial charge in [0, 0.05) is 19.1 Å². The zero-order chi connectivity index (χ0) is 12.1. The summed E-state index contributed by atoms with van der Waals surface area (Å²) in [5, 5.41) is 0. The van der Waals surface area contributed by atoms with Gasteiger partial charge in [0.1, 0.15) is 0 Å². The second kappa shape index (κ2) is 6.75. The van der Waals surface area contributed by atoms with Crippen molar-refractivity contribution in [3.8, 4) is 0 Å². The molecule has 2 atom stereocenters. The molecular weight excluding hydrogens is 208 g/mol. The number of nitrogens with zero attached hydrogens (tertiary/aromatic N) is 1. The third kappa shape index (κ3) is 3.96. The molecule has 17 heavy (non-hydrogen) atoms. The van der Waals surface area contributed by atoms with E-state index < -0.39 is 0 Å². The van der Waals surface area contributed by atoms with E-state index in [1.807, 2.05) is 0 Å². The monoisotopic (exact) mass is 238 g/mol. The van der Waals surface area contributed by atoms with Crippen LogP contribution in [0.5, 0.6) is 0 Å². The van der Waals surface area contributed by atoms with Crippen molar-refractivity contribution in [1.29, 1.82) is 0 Å². The lowest BCUT2D eigenvalue weighted by molar-refractivity contribution is 0.152. The Labute approximate surface area is 107 Å². The van der Waals surface area contributed by atoms with E-state index in [4.69, 9.17) is 5.73 Å². The second-order valence-electron chi connectivity index (χ2n) is 6.21. The zero-order valence-corrected chi connectivity index (χ0v) is 11.5. The quantitative estimate of drug-likeness (QED) is 0.746. The molecule has 2 fully saturated rings. The van der Waals surface area contributed by atoms with Crippen LogP contribution in [0.4, 0.5) is 0 Å². The molecule has 0 aromatic carbocycles. The van der Waals surface area contributed by atoms with Gasteiger partial charge in [-0.3, -0.25) is 0 Å². The van der Waals surface area contributed by atoms with Gasteiger partial charge < -0.3 is 10.6 Å². The van der Waals surface area contributed by atoms with E-state index in [2.05, 4.69) is 11.8 Å². The van der Waals surface area contributed by atoms with E-state index >= 15 is 0 Å². The Morgan fingerprint density at radius 2 is 1.71 bits per heavy atom. The van der Waals surface area contributed by atoms with Crippen molar-refractivity contribution in [2.45, 2.75) is 64.3 Å². The summed E-state index contributed by atoms with van der Waals surface area (Å²) in [6, 6.07) is 0.466. The summed E-state index contributed by atoms with van der Waals surface area (Å²) in [6.07, 6.45) is 11.2. The molecule has 2 unspecified atom stereocenters. The maximum absolute atomic E-state index is 6.33. The first-order chi connectivity index (χ1) is 8.29. The molecule has 0 saturated heterocycles. The van der Waals surface area contributed by atoms with Crippen LogP contribution in [0.15, 0.2) is 0 Å². The average molecular weight is 238 g/mol. The lowest BCUT2D eigenvalue weighted by Crippen LogP contribution is -2.41. The lowest BCUT2D eigenvalue weighted by atomic mass is 9.84. The van der Waals surface area contributed by atoms with Crippen LogP contribution in [0, 0.1) is 11.8 Å². The molecule has 0 radical (unpaired) electrons.